The van der Waals surface area contributed by atoms with E-state index in [1.165, 1.54) is 0 Å². The first-order valence-electron chi connectivity index (χ1n) is 5.00. The van der Waals surface area contributed by atoms with Gasteiger partial charge in [-0.25, -0.2) is 8.42 Å². The first kappa shape index (κ1) is 20.7. The molecule has 1 saturated heterocycles. The summed E-state index contributed by atoms with van der Waals surface area (Å²) < 4.78 is 31.2. The van der Waals surface area contributed by atoms with Gasteiger partial charge in [0.05, 0.1) is 22.5 Å². The number of rotatable bonds is 5. The van der Waals surface area contributed by atoms with E-state index >= 15 is 0 Å². The van der Waals surface area contributed by atoms with Crippen LogP contribution in [-0.4, -0.2) is 85.0 Å². The minimum atomic E-state index is -4.09. The fourth-order valence-electron chi connectivity index (χ4n) is 1.62. The molecule has 98 valence electrons. The van der Waals surface area contributed by atoms with Crippen LogP contribution >= 0.6 is 0 Å². The molecule has 3 N–H and O–H groups in total. The summed E-state index contributed by atoms with van der Waals surface area (Å²) in [6, 6.07) is 0. The van der Waals surface area contributed by atoms with Gasteiger partial charge in [-0.2, -0.15) is 0 Å². The molecule has 17 heavy (non-hydrogen) atoms. The van der Waals surface area contributed by atoms with Crippen LogP contribution in [0.15, 0.2) is 0 Å². The quantitative estimate of drug-likeness (QED) is 0.399. The van der Waals surface area contributed by atoms with Crippen molar-refractivity contribution in [2.24, 2.45) is 0 Å². The number of aliphatic hydroxyl groups is 1. The van der Waals surface area contributed by atoms with E-state index < -0.39 is 10.1 Å². The summed E-state index contributed by atoms with van der Waals surface area (Å²) in [7, 11) is -4.09. The molecule has 1 aliphatic heterocycles. The molecular formula is C8H19KN2O5S. The Balaban J connectivity index is 0. The molecule has 0 atom stereocenters. The molecule has 0 saturated carbocycles. The first-order chi connectivity index (χ1) is 7.01. The number of hydrogen-bond donors (Lipinski definition) is 1. The van der Waals surface area contributed by atoms with Gasteiger partial charge in [0.1, 0.15) is 0 Å². The smallest absolute Gasteiger partial charge is 0.748 e. The molecule has 0 aromatic heterocycles. The standard InChI is InChI=1S/C8H18N2O4S.K.H2O/c11-7-5-9-1-3-10(4-2-9)6-8-15(12,13)14;;/h11H,1-8H2,(H,12,13,14);;1H2/q;+1;/p-1. The summed E-state index contributed by atoms with van der Waals surface area (Å²) in [5.41, 5.74) is 0. The molecule has 1 fully saturated rings. The molecular weight excluding hydrogens is 275 g/mol. The van der Waals surface area contributed by atoms with Gasteiger partial charge in [-0.15, -0.1) is 0 Å². The second-order valence-electron chi connectivity index (χ2n) is 3.67. The van der Waals surface area contributed by atoms with E-state index in [-0.39, 0.29) is 69.2 Å². The molecule has 0 amide bonds. The SMILES string of the molecule is O.O=S(=O)([O-])CCN1CCN(CCO)CC1.[K+]. The van der Waals surface area contributed by atoms with Crippen molar-refractivity contribution in [3.8, 4) is 0 Å². The van der Waals surface area contributed by atoms with Crippen molar-refractivity contribution in [2.45, 2.75) is 0 Å². The Kier molecular flexibility index (Phi) is 12.4. The van der Waals surface area contributed by atoms with Crippen molar-refractivity contribution in [3.05, 3.63) is 0 Å². The summed E-state index contributed by atoms with van der Waals surface area (Å²) in [4.78, 5) is 4.07. The monoisotopic (exact) mass is 294 g/mol. The summed E-state index contributed by atoms with van der Waals surface area (Å²) >= 11 is 0. The Morgan fingerprint density at radius 2 is 1.47 bits per heavy atom. The first-order valence-corrected chi connectivity index (χ1v) is 6.58. The van der Waals surface area contributed by atoms with Crippen LogP contribution in [0.4, 0.5) is 0 Å². The van der Waals surface area contributed by atoms with Gasteiger partial charge in [0, 0.05) is 39.3 Å². The maximum atomic E-state index is 10.4. The summed E-state index contributed by atoms with van der Waals surface area (Å²) in [6.07, 6.45) is 0. The van der Waals surface area contributed by atoms with Gasteiger partial charge in [0.2, 0.25) is 0 Å². The van der Waals surface area contributed by atoms with Gasteiger partial charge in [-0.1, -0.05) is 0 Å². The van der Waals surface area contributed by atoms with Crippen LogP contribution in [0.25, 0.3) is 0 Å². The number of aliphatic hydroxyl groups excluding tert-OH is 1. The Morgan fingerprint density at radius 3 is 1.82 bits per heavy atom. The number of nitrogens with zero attached hydrogens (tertiary/aromatic N) is 2. The van der Waals surface area contributed by atoms with Crippen molar-refractivity contribution < 1.29 is 74.9 Å². The number of hydrogen-bond acceptors (Lipinski definition) is 6. The average molecular weight is 294 g/mol. The topological polar surface area (TPSA) is 115 Å². The van der Waals surface area contributed by atoms with Gasteiger partial charge >= 0.3 is 51.4 Å². The Bertz CT molecular complexity index is 280. The van der Waals surface area contributed by atoms with Gasteiger partial charge in [-0.3, -0.25) is 9.80 Å². The maximum absolute atomic E-state index is 10.4. The fraction of sp³-hybridized carbons (Fsp3) is 1.00. The molecule has 1 aliphatic rings. The minimum absolute atomic E-state index is 0. The van der Waals surface area contributed by atoms with Crippen LogP contribution < -0.4 is 51.4 Å². The minimum Gasteiger partial charge on any atom is -0.748 e. The van der Waals surface area contributed by atoms with Crippen LogP contribution in [-0.2, 0) is 10.1 Å². The van der Waals surface area contributed by atoms with E-state index in [1.807, 2.05) is 4.90 Å². The van der Waals surface area contributed by atoms with E-state index in [9.17, 15) is 13.0 Å². The van der Waals surface area contributed by atoms with E-state index in [4.69, 9.17) is 5.11 Å². The number of piperazine rings is 1. The third-order valence-electron chi connectivity index (χ3n) is 2.54. The van der Waals surface area contributed by atoms with Gasteiger partial charge in [0.25, 0.3) is 0 Å². The van der Waals surface area contributed by atoms with E-state index in [0.29, 0.717) is 13.1 Å². The molecule has 1 rings (SSSR count). The van der Waals surface area contributed by atoms with Crippen LogP contribution in [0.2, 0.25) is 0 Å². The zero-order valence-corrected chi connectivity index (χ0v) is 14.1. The molecule has 0 aromatic carbocycles. The molecule has 0 unspecified atom stereocenters. The van der Waals surface area contributed by atoms with Gasteiger partial charge < -0.3 is 15.1 Å². The van der Waals surface area contributed by atoms with Crippen LogP contribution in [0.5, 0.6) is 0 Å². The van der Waals surface area contributed by atoms with Crippen molar-refractivity contribution in [3.63, 3.8) is 0 Å². The zero-order chi connectivity index (χ0) is 11.3. The van der Waals surface area contributed by atoms with Crippen molar-refractivity contribution in [1.29, 1.82) is 0 Å². The molecule has 7 nitrogen and oxygen atoms in total. The molecule has 9 heteroatoms. The Morgan fingerprint density at radius 1 is 1.06 bits per heavy atom. The van der Waals surface area contributed by atoms with Gasteiger partial charge in [0.15, 0.2) is 0 Å². The fourth-order valence-corrected chi connectivity index (χ4v) is 2.10. The predicted octanol–water partition coefficient (Wildman–Crippen LogP) is -5.68. The second kappa shape index (κ2) is 10.2. The molecule has 0 bridgehead atoms. The maximum Gasteiger partial charge on any atom is 1.00 e. The average Bonchev–Trinajstić information content (AvgIpc) is 2.16. The predicted molar refractivity (Wildman–Crippen MR) is 58.1 cm³/mol. The molecule has 0 radical (unpaired) electrons. The zero-order valence-electron chi connectivity index (χ0n) is 10.1. The van der Waals surface area contributed by atoms with Crippen molar-refractivity contribution >= 4 is 10.1 Å². The molecule has 0 aromatic rings. The third kappa shape index (κ3) is 9.90. The van der Waals surface area contributed by atoms with Crippen LogP contribution in [0, 0.1) is 0 Å². The van der Waals surface area contributed by atoms with Crippen molar-refractivity contribution in [1.82, 2.24) is 9.80 Å². The summed E-state index contributed by atoms with van der Waals surface area (Å²) in [5.74, 6) is -0.312. The Hall–Kier alpha value is 1.39. The van der Waals surface area contributed by atoms with Crippen molar-refractivity contribution in [2.75, 3.05) is 51.6 Å². The largest absolute Gasteiger partial charge is 1.00 e. The third-order valence-corrected chi connectivity index (χ3v) is 3.22. The van der Waals surface area contributed by atoms with Gasteiger partial charge in [-0.05, 0) is 0 Å². The van der Waals surface area contributed by atoms with Crippen LogP contribution in [0.1, 0.15) is 0 Å². The van der Waals surface area contributed by atoms with E-state index in [0.717, 1.165) is 26.2 Å². The van der Waals surface area contributed by atoms with E-state index in [2.05, 4.69) is 4.90 Å². The molecule has 0 aliphatic carbocycles. The normalized spacial score (nSPS) is 18.2. The van der Waals surface area contributed by atoms with E-state index in [1.54, 1.807) is 0 Å². The summed E-state index contributed by atoms with van der Waals surface area (Å²) in [6.45, 7) is 4.28. The molecule has 1 heterocycles. The number of β-amino-alcohol motifs (C(OH)–C–C–N with tert-alkyl or cyclic N) is 1. The molecule has 0 spiro atoms. The summed E-state index contributed by atoms with van der Waals surface area (Å²) in [5, 5.41) is 8.72. The Labute approximate surface area is 145 Å². The van der Waals surface area contributed by atoms with Crippen LogP contribution in [0.3, 0.4) is 0 Å². The second-order valence-corrected chi connectivity index (χ2v) is 5.19.